The number of fused-ring (bicyclic) bond motifs is 1. The van der Waals surface area contributed by atoms with E-state index < -0.39 is 0 Å². The van der Waals surface area contributed by atoms with Gasteiger partial charge in [0.15, 0.2) is 0 Å². The normalized spacial score (nSPS) is 16.8. The minimum absolute atomic E-state index is 0.00127. The fourth-order valence-electron chi connectivity index (χ4n) is 2.49. The van der Waals surface area contributed by atoms with E-state index in [1.54, 1.807) is 0 Å². The van der Waals surface area contributed by atoms with Crippen LogP contribution in [-0.2, 0) is 0 Å². The molecule has 2 heteroatoms. The summed E-state index contributed by atoms with van der Waals surface area (Å²) < 4.78 is 0. The molecule has 1 aliphatic heterocycles. The van der Waals surface area contributed by atoms with Crippen molar-refractivity contribution >= 4 is 17.1 Å². The summed E-state index contributed by atoms with van der Waals surface area (Å²) in [5.74, 6) is 0. The fourth-order valence-corrected chi connectivity index (χ4v) is 2.49. The van der Waals surface area contributed by atoms with Crippen molar-refractivity contribution in [2.75, 3.05) is 5.32 Å². The van der Waals surface area contributed by atoms with Gasteiger partial charge in [0, 0.05) is 12.0 Å². The van der Waals surface area contributed by atoms with Gasteiger partial charge in [0.05, 0.1) is 17.1 Å². The highest BCUT2D eigenvalue weighted by atomic mass is 15.0. The number of nitrogens with zero attached hydrogens (tertiary/aromatic N) is 1. The first kappa shape index (κ1) is 12.0. The van der Waals surface area contributed by atoms with Crippen molar-refractivity contribution < 1.29 is 0 Å². The Bertz CT molecular complexity index is 612. The SMILES string of the molecule is CC1(C)CC(c2ccccc2)=Nc2ccccc2N1. The molecule has 0 radical (unpaired) electrons. The van der Waals surface area contributed by atoms with E-state index in [0.717, 1.165) is 23.5 Å². The second-order valence-corrected chi connectivity index (χ2v) is 5.63. The van der Waals surface area contributed by atoms with Gasteiger partial charge in [0.25, 0.3) is 0 Å². The Morgan fingerprint density at radius 2 is 1.63 bits per heavy atom. The van der Waals surface area contributed by atoms with E-state index in [1.807, 2.05) is 18.2 Å². The standard InChI is InChI=1S/C17H18N2/c1-17(2)12-16(13-8-4-3-5-9-13)18-14-10-6-7-11-15(14)19-17/h3-11,19H,12H2,1-2H3. The van der Waals surface area contributed by atoms with Gasteiger partial charge >= 0.3 is 0 Å². The molecule has 3 rings (SSSR count). The molecular formula is C17H18N2. The van der Waals surface area contributed by atoms with Crippen LogP contribution in [0.15, 0.2) is 59.6 Å². The summed E-state index contributed by atoms with van der Waals surface area (Å²) in [7, 11) is 0. The maximum absolute atomic E-state index is 4.86. The van der Waals surface area contributed by atoms with Gasteiger partial charge in [-0.05, 0) is 31.5 Å². The Hall–Kier alpha value is -2.09. The summed E-state index contributed by atoms with van der Waals surface area (Å²) in [6.45, 7) is 4.43. The maximum Gasteiger partial charge on any atom is 0.0864 e. The minimum atomic E-state index is 0.00127. The van der Waals surface area contributed by atoms with Crippen molar-refractivity contribution in [2.45, 2.75) is 25.8 Å². The van der Waals surface area contributed by atoms with Crippen LogP contribution in [0.3, 0.4) is 0 Å². The second-order valence-electron chi connectivity index (χ2n) is 5.63. The molecule has 0 saturated heterocycles. The zero-order valence-electron chi connectivity index (χ0n) is 11.4. The molecule has 1 N–H and O–H groups in total. The van der Waals surface area contributed by atoms with E-state index in [-0.39, 0.29) is 5.54 Å². The average Bonchev–Trinajstić information content (AvgIpc) is 2.54. The monoisotopic (exact) mass is 250 g/mol. The van der Waals surface area contributed by atoms with Crippen molar-refractivity contribution in [3.63, 3.8) is 0 Å². The molecule has 0 aromatic heterocycles. The Kier molecular flexibility index (Phi) is 2.86. The van der Waals surface area contributed by atoms with Crippen LogP contribution in [0.25, 0.3) is 0 Å². The summed E-state index contributed by atoms with van der Waals surface area (Å²) in [6.07, 6.45) is 0.908. The average molecular weight is 250 g/mol. The summed E-state index contributed by atoms with van der Waals surface area (Å²) in [5.41, 5.74) is 4.48. The van der Waals surface area contributed by atoms with E-state index >= 15 is 0 Å². The van der Waals surface area contributed by atoms with Gasteiger partial charge in [-0.1, -0.05) is 42.5 Å². The molecule has 2 aromatic carbocycles. The molecule has 0 amide bonds. The van der Waals surface area contributed by atoms with Crippen molar-refractivity contribution in [1.29, 1.82) is 0 Å². The molecule has 0 saturated carbocycles. The van der Waals surface area contributed by atoms with Crippen LogP contribution in [0, 0.1) is 0 Å². The van der Waals surface area contributed by atoms with Crippen molar-refractivity contribution in [1.82, 2.24) is 0 Å². The number of anilines is 1. The van der Waals surface area contributed by atoms with Gasteiger partial charge in [-0.25, -0.2) is 0 Å². The number of hydrogen-bond donors (Lipinski definition) is 1. The summed E-state index contributed by atoms with van der Waals surface area (Å²) in [5, 5.41) is 3.58. The van der Waals surface area contributed by atoms with Crippen LogP contribution in [-0.4, -0.2) is 11.3 Å². The largest absolute Gasteiger partial charge is 0.378 e. The molecule has 0 fully saturated rings. The number of rotatable bonds is 1. The number of para-hydroxylation sites is 2. The quantitative estimate of drug-likeness (QED) is 0.797. The Labute approximate surface area is 114 Å². The molecule has 1 heterocycles. The van der Waals surface area contributed by atoms with Crippen LogP contribution in [0.2, 0.25) is 0 Å². The third-order valence-corrected chi connectivity index (χ3v) is 3.35. The number of benzene rings is 2. The lowest BCUT2D eigenvalue weighted by Crippen LogP contribution is -2.32. The molecule has 0 atom stereocenters. The van der Waals surface area contributed by atoms with Crippen LogP contribution in [0.4, 0.5) is 11.4 Å². The van der Waals surface area contributed by atoms with E-state index in [1.165, 1.54) is 5.56 Å². The second kappa shape index (κ2) is 4.54. The van der Waals surface area contributed by atoms with Gasteiger partial charge in [-0.3, -0.25) is 4.99 Å². The third kappa shape index (κ3) is 2.53. The van der Waals surface area contributed by atoms with Gasteiger partial charge in [0.1, 0.15) is 0 Å². The Morgan fingerprint density at radius 3 is 2.42 bits per heavy atom. The lowest BCUT2D eigenvalue weighted by Gasteiger charge is -2.26. The molecule has 96 valence electrons. The van der Waals surface area contributed by atoms with Crippen LogP contribution in [0.5, 0.6) is 0 Å². The summed E-state index contributed by atoms with van der Waals surface area (Å²) in [4.78, 5) is 4.86. The van der Waals surface area contributed by atoms with Crippen LogP contribution in [0.1, 0.15) is 25.8 Å². The van der Waals surface area contributed by atoms with Gasteiger partial charge in [0.2, 0.25) is 0 Å². The summed E-state index contributed by atoms with van der Waals surface area (Å²) in [6, 6.07) is 18.7. The fraction of sp³-hybridized carbons (Fsp3) is 0.235. The Morgan fingerprint density at radius 1 is 0.947 bits per heavy atom. The lowest BCUT2D eigenvalue weighted by molar-refractivity contribution is 0.596. The van der Waals surface area contributed by atoms with Crippen LogP contribution >= 0.6 is 0 Å². The summed E-state index contributed by atoms with van der Waals surface area (Å²) >= 11 is 0. The molecular weight excluding hydrogens is 232 g/mol. The molecule has 2 aromatic rings. The highest BCUT2D eigenvalue weighted by Gasteiger charge is 2.25. The number of hydrogen-bond acceptors (Lipinski definition) is 2. The molecule has 0 spiro atoms. The highest BCUT2D eigenvalue weighted by Crippen LogP contribution is 2.33. The molecule has 0 unspecified atom stereocenters. The van der Waals surface area contributed by atoms with Crippen molar-refractivity contribution in [2.24, 2.45) is 4.99 Å². The smallest absolute Gasteiger partial charge is 0.0864 e. The van der Waals surface area contributed by atoms with Gasteiger partial charge in [-0.2, -0.15) is 0 Å². The van der Waals surface area contributed by atoms with E-state index in [2.05, 4.69) is 55.6 Å². The third-order valence-electron chi connectivity index (χ3n) is 3.35. The lowest BCUT2D eigenvalue weighted by atomic mass is 9.94. The highest BCUT2D eigenvalue weighted by molar-refractivity contribution is 6.04. The molecule has 0 aliphatic carbocycles. The topological polar surface area (TPSA) is 24.4 Å². The number of nitrogens with one attached hydrogen (secondary N) is 1. The van der Waals surface area contributed by atoms with Gasteiger partial charge in [-0.15, -0.1) is 0 Å². The predicted octanol–water partition coefficient (Wildman–Crippen LogP) is 4.40. The number of aliphatic imine (C=N–C) groups is 1. The van der Waals surface area contributed by atoms with E-state index in [9.17, 15) is 0 Å². The van der Waals surface area contributed by atoms with E-state index in [4.69, 9.17) is 4.99 Å². The minimum Gasteiger partial charge on any atom is -0.378 e. The molecule has 0 bridgehead atoms. The van der Waals surface area contributed by atoms with Crippen molar-refractivity contribution in [3.8, 4) is 0 Å². The maximum atomic E-state index is 4.86. The zero-order valence-corrected chi connectivity index (χ0v) is 11.4. The molecule has 2 nitrogen and oxygen atoms in total. The predicted molar refractivity (Wildman–Crippen MR) is 81.4 cm³/mol. The van der Waals surface area contributed by atoms with E-state index in [0.29, 0.717) is 0 Å². The zero-order chi connectivity index (χ0) is 13.3. The first-order valence-electron chi connectivity index (χ1n) is 6.64. The van der Waals surface area contributed by atoms with Gasteiger partial charge < -0.3 is 5.32 Å². The molecule has 19 heavy (non-hydrogen) atoms. The molecule has 1 aliphatic rings. The van der Waals surface area contributed by atoms with Crippen LogP contribution < -0.4 is 5.32 Å². The van der Waals surface area contributed by atoms with Crippen molar-refractivity contribution in [3.05, 3.63) is 60.2 Å². The first-order valence-corrected chi connectivity index (χ1v) is 6.64. The first-order chi connectivity index (χ1) is 9.14. The Balaban J connectivity index is 2.12.